The number of piperidine rings is 1. The minimum atomic E-state index is -1.68. The average molecular weight is 680 g/mol. The molecule has 5 unspecified atom stereocenters. The van der Waals surface area contributed by atoms with Gasteiger partial charge in [-0.2, -0.15) is 5.26 Å². The molecule has 0 amide bonds. The number of benzene rings is 3. The Labute approximate surface area is 292 Å². The van der Waals surface area contributed by atoms with Crippen molar-refractivity contribution in [1.82, 2.24) is 10.3 Å². The van der Waals surface area contributed by atoms with E-state index in [-0.39, 0.29) is 31.8 Å². The third-order valence-corrected chi connectivity index (χ3v) is 10.5. The van der Waals surface area contributed by atoms with Crippen molar-refractivity contribution in [3.8, 4) is 6.07 Å². The highest BCUT2D eigenvalue weighted by Gasteiger charge is 2.67. The summed E-state index contributed by atoms with van der Waals surface area (Å²) in [4.78, 5) is 32.0. The van der Waals surface area contributed by atoms with E-state index in [0.29, 0.717) is 30.0 Å². The van der Waals surface area contributed by atoms with E-state index in [2.05, 4.69) is 16.4 Å². The molecule has 49 heavy (non-hydrogen) atoms. The Balaban J connectivity index is 1.65. The van der Waals surface area contributed by atoms with Crippen LogP contribution in [0.3, 0.4) is 0 Å². The molecule has 1 aliphatic rings. The lowest BCUT2D eigenvalue weighted by Gasteiger charge is -2.58. The lowest BCUT2D eigenvalue weighted by molar-refractivity contribution is -0.177. The first kappa shape index (κ1) is 35.7. The first-order chi connectivity index (χ1) is 23.7. The zero-order chi connectivity index (χ0) is 34.9. The maximum atomic E-state index is 14.2. The number of ether oxygens (including phenoxy) is 1. The van der Waals surface area contributed by atoms with Gasteiger partial charge in [0.05, 0.1) is 30.1 Å². The number of nitrogens with one attached hydrogen (secondary N) is 1. The summed E-state index contributed by atoms with van der Waals surface area (Å²) in [6.45, 7) is 2.13. The predicted molar refractivity (Wildman–Crippen MR) is 188 cm³/mol. The van der Waals surface area contributed by atoms with E-state index >= 15 is 0 Å². The monoisotopic (exact) mass is 679 g/mol. The van der Waals surface area contributed by atoms with E-state index in [0.717, 1.165) is 16.7 Å². The number of pyridine rings is 1. The lowest BCUT2D eigenvalue weighted by atomic mass is 9.49. The second kappa shape index (κ2) is 16.2. The van der Waals surface area contributed by atoms with Gasteiger partial charge in [0.15, 0.2) is 0 Å². The minimum Gasteiger partial charge on any atom is -0.481 e. The molecule has 0 bridgehead atoms. The number of hydrogen-bond acceptors (Lipinski definition) is 6. The normalized spacial score (nSPS) is 23.5. The summed E-state index contributed by atoms with van der Waals surface area (Å²) in [5.41, 5.74) is 0.234. The number of hydrogen-bond donors (Lipinski definition) is 3. The van der Waals surface area contributed by atoms with Gasteiger partial charge in [0.25, 0.3) is 0 Å². The molecule has 4 aromatic rings. The quantitative estimate of drug-likeness (QED) is 0.110. The van der Waals surface area contributed by atoms with Gasteiger partial charge in [0, 0.05) is 47.8 Å². The van der Waals surface area contributed by atoms with Crippen LogP contribution < -0.4 is 5.32 Å². The Kier molecular flexibility index (Phi) is 11.8. The Morgan fingerprint density at radius 3 is 2.18 bits per heavy atom. The van der Waals surface area contributed by atoms with Crippen LogP contribution in [0, 0.1) is 22.2 Å². The number of aromatic nitrogens is 1. The number of carboxylic acid groups (broad SMARTS) is 2. The van der Waals surface area contributed by atoms with Crippen molar-refractivity contribution in [2.24, 2.45) is 10.8 Å². The summed E-state index contributed by atoms with van der Waals surface area (Å²) in [6.07, 6.45) is 4.47. The molecule has 0 saturated carbocycles. The standard InChI is InChI=1S/C40H42ClN3O5/c1-28-39(37(45)46,20-10-22-42)36(32-16-8-17-33(41)25-32)40(38(47)48,35(44-28)27-49-24-19-29-11-9-23-43-26-29)21-18-34(30-12-4-2-5-13-30)31-14-6-3-7-15-31/h2-9,11-17,23,25-26,28,34-36,44H,10,18-21,24,27H2,1H3,(H,45,46)(H,47,48). The highest BCUT2D eigenvalue weighted by atomic mass is 35.5. The Morgan fingerprint density at radius 2 is 1.61 bits per heavy atom. The maximum absolute atomic E-state index is 14.2. The van der Waals surface area contributed by atoms with E-state index in [1.54, 1.807) is 43.6 Å². The van der Waals surface area contributed by atoms with Crippen molar-refractivity contribution in [2.75, 3.05) is 13.2 Å². The van der Waals surface area contributed by atoms with Crippen molar-refractivity contribution in [1.29, 1.82) is 5.26 Å². The fourth-order valence-corrected chi connectivity index (χ4v) is 8.14. The number of carboxylic acids is 2. The Hall–Kier alpha value is -4.55. The fourth-order valence-electron chi connectivity index (χ4n) is 7.94. The Morgan fingerprint density at radius 1 is 0.939 bits per heavy atom. The molecule has 0 radical (unpaired) electrons. The molecule has 2 heterocycles. The van der Waals surface area contributed by atoms with Crippen LogP contribution >= 0.6 is 11.6 Å². The van der Waals surface area contributed by atoms with Crippen molar-refractivity contribution in [3.05, 3.63) is 137 Å². The van der Waals surface area contributed by atoms with Crippen LogP contribution in [-0.4, -0.2) is 52.4 Å². The zero-order valence-corrected chi connectivity index (χ0v) is 28.3. The summed E-state index contributed by atoms with van der Waals surface area (Å²) >= 11 is 6.54. The van der Waals surface area contributed by atoms with Crippen LogP contribution in [0.1, 0.15) is 66.7 Å². The van der Waals surface area contributed by atoms with Crippen LogP contribution in [0.4, 0.5) is 0 Å². The molecule has 0 aliphatic carbocycles. The maximum Gasteiger partial charge on any atom is 0.311 e. The summed E-state index contributed by atoms with van der Waals surface area (Å²) in [7, 11) is 0. The summed E-state index contributed by atoms with van der Waals surface area (Å²) < 4.78 is 6.25. The first-order valence-electron chi connectivity index (χ1n) is 16.7. The van der Waals surface area contributed by atoms with E-state index in [1.807, 2.05) is 72.8 Å². The number of halogens is 1. The number of nitriles is 1. The molecule has 9 heteroatoms. The van der Waals surface area contributed by atoms with Crippen LogP contribution in [0.5, 0.6) is 0 Å². The largest absolute Gasteiger partial charge is 0.481 e. The van der Waals surface area contributed by atoms with Crippen LogP contribution in [0.25, 0.3) is 0 Å². The van der Waals surface area contributed by atoms with Gasteiger partial charge in [0.1, 0.15) is 0 Å². The van der Waals surface area contributed by atoms with E-state index in [1.165, 1.54) is 0 Å². The second-order valence-electron chi connectivity index (χ2n) is 12.9. The Bertz CT molecular complexity index is 1700. The van der Waals surface area contributed by atoms with Crippen LogP contribution in [0.15, 0.2) is 109 Å². The third-order valence-electron chi connectivity index (χ3n) is 10.3. The molecule has 0 spiro atoms. The summed E-state index contributed by atoms with van der Waals surface area (Å²) in [5.74, 6) is -3.50. The second-order valence-corrected chi connectivity index (χ2v) is 13.3. The summed E-state index contributed by atoms with van der Waals surface area (Å²) in [5, 5.41) is 36.3. The van der Waals surface area contributed by atoms with Crippen molar-refractivity contribution in [3.63, 3.8) is 0 Å². The van der Waals surface area contributed by atoms with Crippen LogP contribution in [0.2, 0.25) is 5.02 Å². The molecule has 254 valence electrons. The van der Waals surface area contributed by atoms with Gasteiger partial charge >= 0.3 is 11.9 Å². The molecule has 8 nitrogen and oxygen atoms in total. The molecule has 3 N–H and O–H groups in total. The van der Waals surface area contributed by atoms with Gasteiger partial charge in [-0.15, -0.1) is 0 Å². The van der Waals surface area contributed by atoms with Gasteiger partial charge in [-0.3, -0.25) is 14.6 Å². The molecule has 5 rings (SSSR count). The number of carbonyl (C=O) groups is 2. The van der Waals surface area contributed by atoms with E-state index < -0.39 is 40.8 Å². The van der Waals surface area contributed by atoms with Crippen molar-refractivity contribution >= 4 is 23.5 Å². The smallest absolute Gasteiger partial charge is 0.311 e. The van der Waals surface area contributed by atoms with Gasteiger partial charge < -0.3 is 20.3 Å². The summed E-state index contributed by atoms with van der Waals surface area (Å²) in [6, 6.07) is 31.2. The minimum absolute atomic E-state index is 0.0310. The van der Waals surface area contributed by atoms with Gasteiger partial charge in [-0.25, -0.2) is 0 Å². The molecule has 1 aliphatic heterocycles. The molecule has 1 fully saturated rings. The fraction of sp³-hybridized carbons (Fsp3) is 0.350. The number of rotatable bonds is 15. The molecule has 1 aromatic heterocycles. The number of aliphatic carboxylic acids is 2. The molecule has 5 atom stereocenters. The lowest BCUT2D eigenvalue weighted by Crippen LogP contribution is -2.71. The van der Waals surface area contributed by atoms with E-state index in [9.17, 15) is 25.1 Å². The predicted octanol–water partition coefficient (Wildman–Crippen LogP) is 7.50. The molecule has 1 saturated heterocycles. The van der Waals surface area contributed by atoms with E-state index in [4.69, 9.17) is 16.3 Å². The molecular weight excluding hydrogens is 638 g/mol. The van der Waals surface area contributed by atoms with Gasteiger partial charge in [-0.1, -0.05) is 90.5 Å². The van der Waals surface area contributed by atoms with Crippen LogP contribution in [-0.2, 0) is 20.7 Å². The topological polar surface area (TPSA) is 133 Å². The molecular formula is C40H42ClN3O5. The zero-order valence-electron chi connectivity index (χ0n) is 27.5. The van der Waals surface area contributed by atoms with Crippen molar-refractivity contribution in [2.45, 2.75) is 62.9 Å². The van der Waals surface area contributed by atoms with Gasteiger partial charge in [-0.05, 0) is 73.1 Å². The van der Waals surface area contributed by atoms with Gasteiger partial charge in [0.2, 0.25) is 0 Å². The third kappa shape index (κ3) is 7.55. The first-order valence-corrected chi connectivity index (χ1v) is 17.0. The average Bonchev–Trinajstić information content (AvgIpc) is 3.11. The SMILES string of the molecule is CC1NC(COCCc2cccnc2)C(CCC(c2ccccc2)c2ccccc2)(C(=O)O)C(c2cccc(Cl)c2)C1(CCC#N)C(=O)O. The molecule has 3 aromatic carbocycles. The number of nitrogens with zero attached hydrogens (tertiary/aromatic N) is 2. The highest BCUT2D eigenvalue weighted by Crippen LogP contribution is 2.60. The highest BCUT2D eigenvalue weighted by molar-refractivity contribution is 6.30. The van der Waals surface area contributed by atoms with Crippen molar-refractivity contribution < 1.29 is 24.5 Å².